The number of carbonyl (C=O) groups is 2. The lowest BCUT2D eigenvalue weighted by Crippen LogP contribution is -2.69. The molecule has 5 heterocycles. The van der Waals surface area contributed by atoms with Crippen molar-refractivity contribution in [3.8, 4) is 0 Å². The molecule has 25 atom stereocenters. The fraction of sp³-hybridized carbons (Fsp3) is 0.941. The van der Waals surface area contributed by atoms with Gasteiger partial charge in [0.1, 0.15) is 110 Å². The zero-order valence-corrected chi connectivity index (χ0v) is 32.9. The summed E-state index contributed by atoms with van der Waals surface area (Å²) in [4.78, 5) is 24.7. The quantitative estimate of drug-likeness (QED) is 0.0817. The van der Waals surface area contributed by atoms with Gasteiger partial charge in [-0.15, -0.1) is 0 Å². The molecule has 0 aromatic heterocycles. The largest absolute Gasteiger partial charge is 0.394 e. The van der Waals surface area contributed by atoms with Crippen LogP contribution < -0.4 is 10.6 Å². The molecule has 5 fully saturated rings. The van der Waals surface area contributed by atoms with Crippen molar-refractivity contribution in [3.63, 3.8) is 0 Å². The second-order valence-corrected chi connectivity index (χ2v) is 15.4. The Hall–Kier alpha value is -1.94. The predicted octanol–water partition coefficient (Wildman–Crippen LogP) is -9.58. The third-order valence-electron chi connectivity index (χ3n) is 11.0. The predicted molar refractivity (Wildman–Crippen MR) is 187 cm³/mol. The maximum atomic E-state index is 12.4. The maximum Gasteiger partial charge on any atom is 0.217 e. The Bertz CT molecular complexity index is 1410. The van der Waals surface area contributed by atoms with E-state index in [1.165, 1.54) is 13.8 Å². The highest BCUT2D eigenvalue weighted by Crippen LogP contribution is 2.34. The first-order chi connectivity index (χ1) is 28.2. The van der Waals surface area contributed by atoms with Crippen molar-refractivity contribution in [2.45, 2.75) is 181 Å². The maximum absolute atomic E-state index is 12.4. The van der Waals surface area contributed by atoms with Gasteiger partial charge in [0, 0.05) is 13.8 Å². The monoisotopic (exact) mass is 878 g/mol. The van der Waals surface area contributed by atoms with Crippen molar-refractivity contribution in [1.82, 2.24) is 10.6 Å². The van der Waals surface area contributed by atoms with E-state index in [0.29, 0.717) is 0 Å². The summed E-state index contributed by atoms with van der Waals surface area (Å²) in [7, 11) is 0. The molecule has 5 aliphatic heterocycles. The van der Waals surface area contributed by atoms with Gasteiger partial charge in [-0.25, -0.2) is 0 Å². The highest BCUT2D eigenvalue weighted by molar-refractivity contribution is 5.73. The van der Waals surface area contributed by atoms with Gasteiger partial charge in [0.15, 0.2) is 31.5 Å². The van der Waals surface area contributed by atoms with Gasteiger partial charge in [-0.05, 0) is 13.8 Å². The minimum Gasteiger partial charge on any atom is -0.394 e. The summed E-state index contributed by atoms with van der Waals surface area (Å²) in [5, 5.41) is 143. The van der Waals surface area contributed by atoms with E-state index < -0.39 is 185 Å². The third-order valence-corrected chi connectivity index (χ3v) is 11.0. The van der Waals surface area contributed by atoms with Crippen molar-refractivity contribution in [2.75, 3.05) is 19.8 Å². The molecule has 0 unspecified atom stereocenters. The van der Waals surface area contributed by atoms with Crippen LogP contribution in [0.4, 0.5) is 0 Å². The van der Waals surface area contributed by atoms with Crippen LogP contribution in [-0.2, 0) is 52.2 Å². The van der Waals surface area contributed by atoms with Crippen molar-refractivity contribution in [1.29, 1.82) is 0 Å². The van der Waals surface area contributed by atoms with Crippen molar-refractivity contribution >= 4 is 11.8 Å². The average molecular weight is 879 g/mol. The average Bonchev–Trinajstić information content (AvgIpc) is 3.20. The molecule has 0 spiro atoms. The van der Waals surface area contributed by atoms with E-state index in [1.54, 1.807) is 0 Å². The van der Waals surface area contributed by atoms with Gasteiger partial charge in [-0.1, -0.05) is 0 Å². The van der Waals surface area contributed by atoms with E-state index >= 15 is 0 Å². The van der Waals surface area contributed by atoms with Crippen LogP contribution in [0.5, 0.6) is 0 Å². The molecule has 0 aliphatic carbocycles. The Morgan fingerprint density at radius 1 is 0.467 bits per heavy atom. The Balaban J connectivity index is 1.39. The normalized spacial score (nSPS) is 50.2. The van der Waals surface area contributed by atoms with E-state index in [1.807, 2.05) is 0 Å². The molecule has 0 saturated carbocycles. The molecule has 0 aromatic carbocycles. The first-order valence-electron chi connectivity index (χ1n) is 19.3. The number of ether oxygens (including phenoxy) is 9. The van der Waals surface area contributed by atoms with Gasteiger partial charge in [0.05, 0.1) is 32.0 Å². The summed E-state index contributed by atoms with van der Waals surface area (Å²) in [5.41, 5.74) is 0. The highest BCUT2D eigenvalue weighted by atomic mass is 16.8. The Morgan fingerprint density at radius 2 is 0.900 bits per heavy atom. The van der Waals surface area contributed by atoms with Crippen molar-refractivity contribution in [2.24, 2.45) is 0 Å². The molecule has 0 radical (unpaired) electrons. The van der Waals surface area contributed by atoms with E-state index in [4.69, 9.17) is 42.6 Å². The van der Waals surface area contributed by atoms with Crippen LogP contribution >= 0.6 is 0 Å². The number of aliphatic hydroxyl groups excluding tert-OH is 13. The van der Waals surface area contributed by atoms with E-state index in [-0.39, 0.29) is 0 Å². The van der Waals surface area contributed by atoms with E-state index in [0.717, 1.165) is 13.8 Å². The number of rotatable bonds is 13. The van der Waals surface area contributed by atoms with Gasteiger partial charge < -0.3 is 120 Å². The lowest BCUT2D eigenvalue weighted by atomic mass is 9.94. The Morgan fingerprint density at radius 3 is 1.42 bits per heavy atom. The van der Waals surface area contributed by atoms with Crippen LogP contribution in [0.2, 0.25) is 0 Å². The first-order valence-corrected chi connectivity index (χ1v) is 19.3. The lowest BCUT2D eigenvalue weighted by molar-refractivity contribution is -0.381. The molecule has 348 valence electrons. The topological polar surface area (TPSA) is 404 Å². The summed E-state index contributed by atoms with van der Waals surface area (Å²) in [6, 6.07) is -3.11. The SMILES string of the molecule is CC(=O)N[C@@H]1[C@@H](O[C@@H]2O[C@H](CO)[C@H](O)[C@H](O)[C@H]2O[C@@H]2O[C@@H](C)[C@@H](O)[C@@H](O)[C@@H]2O)[C@@H](O)[C@@H](CO[C@@H]2O[C@H](CO)[C@@H](O)[C@H](O[C@@H]3O[C@@H](C)[C@@H](O)[C@@H](O)[C@@H]3O)[C@H]2NC(C)=O)O[C@@H]1O. The Labute approximate surface area is 342 Å². The molecule has 2 amide bonds. The summed E-state index contributed by atoms with van der Waals surface area (Å²) < 4.78 is 51.5. The van der Waals surface area contributed by atoms with Crippen LogP contribution in [0, 0.1) is 0 Å². The van der Waals surface area contributed by atoms with Gasteiger partial charge in [-0.3, -0.25) is 9.59 Å². The fourth-order valence-corrected chi connectivity index (χ4v) is 7.60. The molecular weight excluding hydrogens is 820 g/mol. The highest BCUT2D eigenvalue weighted by Gasteiger charge is 2.56. The number of hydrogen-bond acceptors (Lipinski definition) is 24. The second-order valence-electron chi connectivity index (χ2n) is 15.4. The van der Waals surface area contributed by atoms with Crippen LogP contribution in [-0.4, -0.2) is 251 Å². The van der Waals surface area contributed by atoms with Crippen molar-refractivity contribution in [3.05, 3.63) is 0 Å². The molecule has 15 N–H and O–H groups in total. The lowest BCUT2D eigenvalue weighted by Gasteiger charge is -2.49. The fourth-order valence-electron chi connectivity index (χ4n) is 7.60. The number of hydrogen-bond donors (Lipinski definition) is 15. The second kappa shape index (κ2) is 20.7. The molecule has 5 rings (SSSR count). The Kier molecular flexibility index (Phi) is 16.9. The smallest absolute Gasteiger partial charge is 0.217 e. The van der Waals surface area contributed by atoms with Crippen molar-refractivity contribution < 1.29 is 119 Å². The van der Waals surface area contributed by atoms with Gasteiger partial charge >= 0.3 is 0 Å². The van der Waals surface area contributed by atoms with Gasteiger partial charge in [0.2, 0.25) is 11.8 Å². The number of carbonyl (C=O) groups excluding carboxylic acids is 2. The third kappa shape index (κ3) is 10.5. The van der Waals surface area contributed by atoms with Crippen LogP contribution in [0.3, 0.4) is 0 Å². The number of nitrogens with one attached hydrogen (secondary N) is 2. The van der Waals surface area contributed by atoms with Crippen LogP contribution in [0.15, 0.2) is 0 Å². The standard InChI is InChI=1S/C34H58N2O24/c1-8-17(41)22(46)25(49)32(53-8)58-28-16(36-11(4)40)31(56-13(6-38)20(28)44)52-7-14-21(45)27(15(30(51)55-14)35-10(3)39)59-34-29(24(48)19(43)12(5-37)57-34)60-33-26(50)23(47)18(42)9(2)54-33/h8-9,12-34,37-38,41-51H,5-7H2,1-4H3,(H,35,39)(H,36,40)/t8-,9-,12+,13+,14+,15+,16+,17+,18+,19-,20+,21-,22+,23+,24-,25-,26-,27+,28+,29+,30-,31+,32-,33-,34-/m0/s1. The molecule has 0 bridgehead atoms. The summed E-state index contributed by atoms with van der Waals surface area (Å²) in [6.07, 6.45) is -39.0. The molecule has 60 heavy (non-hydrogen) atoms. The van der Waals surface area contributed by atoms with Gasteiger partial charge in [-0.2, -0.15) is 0 Å². The molecule has 26 heteroatoms. The zero-order valence-electron chi connectivity index (χ0n) is 32.9. The summed E-state index contributed by atoms with van der Waals surface area (Å²) >= 11 is 0. The molecular formula is C34H58N2O24. The summed E-state index contributed by atoms with van der Waals surface area (Å²) in [5.74, 6) is -1.47. The first kappa shape index (κ1) is 49.1. The van der Waals surface area contributed by atoms with Crippen LogP contribution in [0.25, 0.3) is 0 Å². The van der Waals surface area contributed by atoms with Crippen LogP contribution in [0.1, 0.15) is 27.7 Å². The molecule has 0 aromatic rings. The minimum atomic E-state index is -2.00. The molecule has 5 saturated heterocycles. The van der Waals surface area contributed by atoms with E-state index in [2.05, 4.69) is 10.6 Å². The summed E-state index contributed by atoms with van der Waals surface area (Å²) in [6.45, 7) is 2.37. The molecule has 5 aliphatic rings. The number of aliphatic hydroxyl groups is 13. The zero-order chi connectivity index (χ0) is 44.5. The molecule has 26 nitrogen and oxygen atoms in total. The van der Waals surface area contributed by atoms with Gasteiger partial charge in [0.25, 0.3) is 0 Å². The minimum absolute atomic E-state index is 0.714. The van der Waals surface area contributed by atoms with E-state index in [9.17, 15) is 76.0 Å². The number of amides is 2.